The fourth-order valence-electron chi connectivity index (χ4n) is 4.65. The highest BCUT2D eigenvalue weighted by molar-refractivity contribution is 6.08. The number of para-hydroxylation sites is 2. The number of methoxy groups -OCH3 is 1. The Morgan fingerprint density at radius 1 is 0.848 bits per heavy atom. The van der Waals surface area contributed by atoms with Crippen LogP contribution in [0, 0.1) is 0 Å². The van der Waals surface area contributed by atoms with Crippen molar-refractivity contribution < 1.29 is 9.47 Å². The van der Waals surface area contributed by atoms with Crippen LogP contribution in [0.4, 0.5) is 5.69 Å². The normalized spacial score (nSPS) is 13.8. The Morgan fingerprint density at radius 2 is 1.67 bits per heavy atom. The zero-order chi connectivity index (χ0) is 22.6. The van der Waals surface area contributed by atoms with Crippen LogP contribution in [0.5, 0.6) is 0 Å². The Kier molecular flexibility index (Phi) is 6.29. The van der Waals surface area contributed by atoms with Crippen LogP contribution in [0.2, 0.25) is 0 Å². The summed E-state index contributed by atoms with van der Waals surface area (Å²) in [5.41, 5.74) is 7.54. The van der Waals surface area contributed by atoms with Gasteiger partial charge in [-0.05, 0) is 35.4 Å². The standard InChI is InChI=1S/C29H30N2O2/c1-30-16-15-23(24-7-3-5-9-27(24)30)13-11-22-12-14-29-26(21-22)25-8-4-6-10-28(25)31(29)17-18-33-20-19-32-2/h3-15,21H,16-20H2,1-2H3/b13-11+. The van der Waals surface area contributed by atoms with Gasteiger partial charge in [0.1, 0.15) is 0 Å². The van der Waals surface area contributed by atoms with Gasteiger partial charge in [0, 0.05) is 60.3 Å². The number of nitrogens with zero attached hydrogens (tertiary/aromatic N) is 2. The Morgan fingerprint density at radius 3 is 2.58 bits per heavy atom. The summed E-state index contributed by atoms with van der Waals surface area (Å²) in [6.45, 7) is 3.66. The summed E-state index contributed by atoms with van der Waals surface area (Å²) >= 11 is 0. The fraction of sp³-hybridized carbons (Fsp3) is 0.241. The smallest absolute Gasteiger partial charge is 0.0701 e. The molecule has 0 N–H and O–H groups in total. The first kappa shape index (κ1) is 21.5. The van der Waals surface area contributed by atoms with Gasteiger partial charge in [0.15, 0.2) is 0 Å². The van der Waals surface area contributed by atoms with Crippen molar-refractivity contribution in [3.63, 3.8) is 0 Å². The monoisotopic (exact) mass is 438 g/mol. The lowest BCUT2D eigenvalue weighted by molar-refractivity contribution is 0.0673. The highest BCUT2D eigenvalue weighted by atomic mass is 16.5. The van der Waals surface area contributed by atoms with Crippen LogP contribution >= 0.6 is 0 Å². The largest absolute Gasteiger partial charge is 0.382 e. The first-order valence-corrected chi connectivity index (χ1v) is 11.5. The van der Waals surface area contributed by atoms with Crippen molar-refractivity contribution >= 4 is 39.1 Å². The lowest BCUT2D eigenvalue weighted by Crippen LogP contribution is -2.21. The van der Waals surface area contributed by atoms with Crippen LogP contribution in [-0.4, -0.2) is 45.1 Å². The van der Waals surface area contributed by atoms with E-state index < -0.39 is 0 Å². The van der Waals surface area contributed by atoms with Crippen molar-refractivity contribution in [1.29, 1.82) is 0 Å². The molecule has 0 unspecified atom stereocenters. The Balaban J connectivity index is 1.45. The summed E-state index contributed by atoms with van der Waals surface area (Å²) in [5.74, 6) is 0. The van der Waals surface area contributed by atoms with Gasteiger partial charge in [0.25, 0.3) is 0 Å². The molecule has 0 radical (unpaired) electrons. The zero-order valence-electron chi connectivity index (χ0n) is 19.3. The number of likely N-dealkylation sites (N-methyl/N-ethyl adjacent to an activating group) is 1. The van der Waals surface area contributed by atoms with Crippen molar-refractivity contribution in [2.75, 3.05) is 45.4 Å². The minimum Gasteiger partial charge on any atom is -0.382 e. The molecule has 4 heteroatoms. The minimum absolute atomic E-state index is 0.622. The topological polar surface area (TPSA) is 26.6 Å². The lowest BCUT2D eigenvalue weighted by Gasteiger charge is -2.26. The quantitative estimate of drug-likeness (QED) is 0.316. The van der Waals surface area contributed by atoms with Crippen molar-refractivity contribution in [2.45, 2.75) is 6.54 Å². The summed E-state index contributed by atoms with van der Waals surface area (Å²) in [7, 11) is 3.84. The van der Waals surface area contributed by atoms with Gasteiger partial charge >= 0.3 is 0 Å². The Labute approximate surface area is 195 Å². The predicted molar refractivity (Wildman–Crippen MR) is 139 cm³/mol. The molecule has 0 atom stereocenters. The molecule has 5 rings (SSSR count). The van der Waals surface area contributed by atoms with Gasteiger partial charge in [-0.3, -0.25) is 0 Å². The molecule has 1 aliphatic heterocycles. The first-order chi connectivity index (χ1) is 16.3. The minimum atomic E-state index is 0.622. The number of fused-ring (bicyclic) bond motifs is 4. The number of anilines is 1. The molecule has 0 bridgehead atoms. The maximum absolute atomic E-state index is 5.74. The van der Waals surface area contributed by atoms with Crippen molar-refractivity contribution in [1.82, 2.24) is 4.57 Å². The third kappa shape index (κ3) is 4.32. The van der Waals surface area contributed by atoms with E-state index >= 15 is 0 Å². The first-order valence-electron chi connectivity index (χ1n) is 11.5. The number of ether oxygens (including phenoxy) is 2. The van der Waals surface area contributed by atoms with E-state index in [0.717, 1.165) is 13.1 Å². The summed E-state index contributed by atoms with van der Waals surface area (Å²) in [6, 6.07) is 24.0. The van der Waals surface area contributed by atoms with Crippen LogP contribution in [0.3, 0.4) is 0 Å². The second-order valence-electron chi connectivity index (χ2n) is 8.44. The predicted octanol–water partition coefficient (Wildman–Crippen LogP) is 6.00. The number of allylic oxidation sites excluding steroid dienone is 2. The second-order valence-corrected chi connectivity index (χ2v) is 8.44. The molecule has 168 valence electrons. The molecule has 0 saturated heterocycles. The molecule has 4 nitrogen and oxygen atoms in total. The molecule has 0 fully saturated rings. The molecule has 2 heterocycles. The third-order valence-electron chi connectivity index (χ3n) is 6.35. The molecule has 4 aromatic rings. The molecule has 1 aromatic heterocycles. The number of rotatable bonds is 8. The maximum Gasteiger partial charge on any atom is 0.0701 e. The molecular weight excluding hydrogens is 408 g/mol. The fourth-order valence-corrected chi connectivity index (χ4v) is 4.65. The van der Waals surface area contributed by atoms with Crippen LogP contribution in [0.15, 0.2) is 78.9 Å². The van der Waals surface area contributed by atoms with Gasteiger partial charge in [0.05, 0.1) is 19.8 Å². The van der Waals surface area contributed by atoms with Crippen LogP contribution in [0.1, 0.15) is 11.1 Å². The van der Waals surface area contributed by atoms with Crippen molar-refractivity contribution in [2.24, 2.45) is 0 Å². The number of aromatic nitrogens is 1. The van der Waals surface area contributed by atoms with Gasteiger partial charge in [-0.1, -0.05) is 60.7 Å². The van der Waals surface area contributed by atoms with Crippen molar-refractivity contribution in [3.8, 4) is 0 Å². The van der Waals surface area contributed by atoms with Gasteiger partial charge in [-0.2, -0.15) is 0 Å². The molecule has 3 aromatic carbocycles. The summed E-state index contributed by atoms with van der Waals surface area (Å²) in [5, 5.41) is 2.56. The summed E-state index contributed by atoms with van der Waals surface area (Å²) in [4.78, 5) is 2.28. The van der Waals surface area contributed by atoms with Crippen LogP contribution in [0.25, 0.3) is 33.5 Å². The zero-order valence-corrected chi connectivity index (χ0v) is 19.3. The van der Waals surface area contributed by atoms with Gasteiger partial charge < -0.3 is 18.9 Å². The van der Waals surface area contributed by atoms with Crippen LogP contribution in [-0.2, 0) is 16.0 Å². The molecular formula is C29H30N2O2. The molecule has 0 aliphatic carbocycles. The van der Waals surface area contributed by atoms with E-state index in [4.69, 9.17) is 9.47 Å². The summed E-state index contributed by atoms with van der Waals surface area (Å²) < 4.78 is 13.2. The second kappa shape index (κ2) is 9.65. The number of hydrogen-bond donors (Lipinski definition) is 0. The number of hydrogen-bond acceptors (Lipinski definition) is 3. The van der Waals surface area contributed by atoms with E-state index in [1.165, 1.54) is 44.2 Å². The molecule has 1 aliphatic rings. The van der Waals surface area contributed by atoms with Crippen LogP contribution < -0.4 is 4.90 Å². The van der Waals surface area contributed by atoms with E-state index in [-0.39, 0.29) is 0 Å². The molecule has 33 heavy (non-hydrogen) atoms. The van der Waals surface area contributed by atoms with E-state index in [1.807, 2.05) is 0 Å². The SMILES string of the molecule is COCCOCCn1c2ccccc2c2cc(/C=C/C3=CCN(C)c4ccccc43)ccc21. The van der Waals surface area contributed by atoms with Gasteiger partial charge in [0.2, 0.25) is 0 Å². The maximum atomic E-state index is 5.74. The van der Waals surface area contributed by atoms with E-state index in [2.05, 4.69) is 101 Å². The van der Waals surface area contributed by atoms with E-state index in [1.54, 1.807) is 7.11 Å². The van der Waals surface area contributed by atoms with E-state index in [9.17, 15) is 0 Å². The molecule has 0 spiro atoms. The molecule has 0 amide bonds. The molecule has 0 saturated carbocycles. The van der Waals surface area contributed by atoms with Gasteiger partial charge in [-0.15, -0.1) is 0 Å². The van der Waals surface area contributed by atoms with Gasteiger partial charge in [-0.25, -0.2) is 0 Å². The van der Waals surface area contributed by atoms with Crippen molar-refractivity contribution in [3.05, 3.63) is 90.0 Å². The Hall–Kier alpha value is -3.34. The third-order valence-corrected chi connectivity index (χ3v) is 6.35. The average Bonchev–Trinajstić information content (AvgIpc) is 3.17. The highest BCUT2D eigenvalue weighted by Crippen LogP contribution is 2.33. The van der Waals surface area contributed by atoms with E-state index in [0.29, 0.717) is 19.8 Å². The lowest BCUT2D eigenvalue weighted by atomic mass is 9.98. The highest BCUT2D eigenvalue weighted by Gasteiger charge is 2.14. The number of benzene rings is 3. The Bertz CT molecular complexity index is 1330. The average molecular weight is 439 g/mol. The summed E-state index contributed by atoms with van der Waals surface area (Å²) in [6.07, 6.45) is 6.77.